The topological polar surface area (TPSA) is 118 Å². The summed E-state index contributed by atoms with van der Waals surface area (Å²) in [6.45, 7) is -0.760. The third-order valence-electron chi connectivity index (χ3n) is 1.42. The van der Waals surface area contributed by atoms with Crippen molar-refractivity contribution in [2.75, 3.05) is 6.61 Å². The van der Waals surface area contributed by atoms with Gasteiger partial charge in [-0.25, -0.2) is 0 Å². The van der Waals surface area contributed by atoms with E-state index >= 15 is 0 Å². The summed E-state index contributed by atoms with van der Waals surface area (Å²) < 4.78 is 0. The number of carbonyl (C=O) groups excluding carboxylic acids is 1. The Kier molecular flexibility index (Phi) is 22.5. The summed E-state index contributed by atoms with van der Waals surface area (Å²) in [5.74, 6) is 0. The van der Waals surface area contributed by atoms with E-state index in [0.29, 0.717) is 0 Å². The average molecular weight is 291 g/mol. The van der Waals surface area contributed by atoms with Crippen LogP contribution in [0.15, 0.2) is 0 Å². The second kappa shape index (κ2) is 13.4. The molecule has 0 rings (SSSR count). The Morgan fingerprint density at radius 1 is 1.00 bits per heavy atom. The van der Waals surface area contributed by atoms with Crippen molar-refractivity contribution in [1.29, 1.82) is 0 Å². The Morgan fingerprint density at radius 3 is 1.67 bits per heavy atom. The molecule has 0 fully saturated rings. The maximum absolute atomic E-state index is 9.90. The van der Waals surface area contributed by atoms with Gasteiger partial charge in [0.2, 0.25) is 0 Å². The average Bonchev–Trinajstić information content (AvgIpc) is 2.12. The smallest absolute Gasteiger partial charge is 1.00 e. The predicted molar refractivity (Wildman–Crippen MR) is 42.9 cm³/mol. The van der Waals surface area contributed by atoms with Crippen LogP contribution in [0.3, 0.4) is 0 Å². The number of hydrogen-bond donors (Lipinski definition) is 5. The number of aliphatic hydroxyl groups is 5. The summed E-state index contributed by atoms with van der Waals surface area (Å²) in [4.78, 5) is 9.90. The molecule has 9 heteroatoms. The van der Waals surface area contributed by atoms with E-state index in [1.54, 1.807) is 0 Å². The fourth-order valence-electron chi connectivity index (χ4n) is 0.618. The van der Waals surface area contributed by atoms with Crippen LogP contribution in [0.4, 0.5) is 0 Å². The minimum absolute atomic E-state index is 0. The molecule has 6 nitrogen and oxygen atoms in total. The molecule has 0 bridgehead atoms. The van der Waals surface area contributed by atoms with E-state index in [1.165, 1.54) is 0 Å². The Labute approximate surface area is 129 Å². The molecule has 15 heavy (non-hydrogen) atoms. The molecule has 0 aromatic rings. The Hall–Kier alpha value is 1.31. The van der Waals surface area contributed by atoms with Crippen LogP contribution in [0.25, 0.3) is 0 Å². The van der Waals surface area contributed by atoms with Crippen LogP contribution in [-0.4, -0.2) is 101 Å². The van der Waals surface area contributed by atoms with Gasteiger partial charge in [0, 0.05) is 0 Å². The second-order valence-electron chi connectivity index (χ2n) is 2.36. The van der Waals surface area contributed by atoms with E-state index in [9.17, 15) is 4.79 Å². The molecular weight excluding hydrogens is 279 g/mol. The summed E-state index contributed by atoms with van der Waals surface area (Å²) in [6.07, 6.45) is -6.84. The van der Waals surface area contributed by atoms with Gasteiger partial charge in [0.1, 0.15) is 24.4 Å². The normalized spacial score (nSPS) is 16.9. The number of aliphatic hydroxyl groups excluding tert-OH is 5. The van der Waals surface area contributed by atoms with Crippen LogP contribution in [0, 0.1) is 0 Å². The minimum atomic E-state index is -1.79. The zero-order valence-electron chi connectivity index (χ0n) is 7.70. The van der Waals surface area contributed by atoms with Crippen molar-refractivity contribution in [1.82, 2.24) is 0 Å². The molecule has 0 radical (unpaired) electrons. The monoisotopic (exact) mass is 290 g/mol. The van der Waals surface area contributed by atoms with Crippen molar-refractivity contribution in [2.45, 2.75) is 24.4 Å². The van der Waals surface area contributed by atoms with Crippen LogP contribution in [-0.2, 0) is 4.79 Å². The first-order valence-electron chi connectivity index (χ1n) is 3.33. The fraction of sp³-hybridized carbons (Fsp3) is 0.833. The van der Waals surface area contributed by atoms with E-state index in [4.69, 9.17) is 25.5 Å². The molecule has 4 atom stereocenters. The van der Waals surface area contributed by atoms with Gasteiger partial charge in [-0.15, -0.1) is 0 Å². The quantitative estimate of drug-likeness (QED) is 0.254. The van der Waals surface area contributed by atoms with E-state index in [0.717, 1.165) is 0 Å². The van der Waals surface area contributed by atoms with Crippen molar-refractivity contribution in [3.8, 4) is 0 Å². The molecule has 0 heterocycles. The SMILES string of the molecule is O=CC(O)C(O)C(O)C(O)CO.[Ca+2].[Cl-].[Cl-]. The van der Waals surface area contributed by atoms with Gasteiger partial charge in [0.15, 0.2) is 6.29 Å². The van der Waals surface area contributed by atoms with Gasteiger partial charge in [-0.2, -0.15) is 0 Å². The molecule has 0 saturated heterocycles. The maximum Gasteiger partial charge on any atom is 2.00 e. The van der Waals surface area contributed by atoms with Gasteiger partial charge < -0.3 is 55.1 Å². The molecule has 0 amide bonds. The van der Waals surface area contributed by atoms with Gasteiger partial charge in [-0.05, 0) is 0 Å². The van der Waals surface area contributed by atoms with E-state index in [2.05, 4.69) is 0 Å². The minimum Gasteiger partial charge on any atom is -1.00 e. The summed E-state index contributed by atoms with van der Waals surface area (Å²) in [5, 5.41) is 43.5. The zero-order chi connectivity index (χ0) is 9.72. The number of carbonyl (C=O) groups is 1. The zero-order valence-corrected chi connectivity index (χ0v) is 11.4. The van der Waals surface area contributed by atoms with Crippen molar-refractivity contribution < 1.29 is 55.1 Å². The van der Waals surface area contributed by atoms with Crippen LogP contribution in [0.5, 0.6) is 0 Å². The number of hydrogen-bond acceptors (Lipinski definition) is 6. The van der Waals surface area contributed by atoms with E-state index < -0.39 is 31.0 Å². The van der Waals surface area contributed by atoms with Crippen LogP contribution < -0.4 is 24.8 Å². The summed E-state index contributed by atoms with van der Waals surface area (Å²) in [5.41, 5.74) is 0. The largest absolute Gasteiger partial charge is 2.00 e. The molecule has 0 aliphatic carbocycles. The Morgan fingerprint density at radius 2 is 1.40 bits per heavy atom. The van der Waals surface area contributed by atoms with Gasteiger partial charge in [0.25, 0.3) is 0 Å². The van der Waals surface area contributed by atoms with E-state index in [1.807, 2.05) is 0 Å². The Bertz CT molecular complexity index is 152. The second-order valence-corrected chi connectivity index (χ2v) is 2.36. The maximum atomic E-state index is 9.90. The molecule has 0 aromatic heterocycles. The Balaban J connectivity index is -0.000000202. The van der Waals surface area contributed by atoms with Crippen LogP contribution >= 0.6 is 0 Å². The van der Waals surface area contributed by atoms with Gasteiger partial charge in [-0.1, -0.05) is 0 Å². The fourth-order valence-corrected chi connectivity index (χ4v) is 0.618. The summed E-state index contributed by atoms with van der Waals surface area (Å²) in [7, 11) is 0. The molecular formula is C6H12CaCl2O6. The van der Waals surface area contributed by atoms with Crippen molar-refractivity contribution >= 4 is 44.0 Å². The molecule has 0 aliphatic heterocycles. The summed E-state index contributed by atoms with van der Waals surface area (Å²) in [6, 6.07) is 0. The van der Waals surface area contributed by atoms with Crippen molar-refractivity contribution in [2.24, 2.45) is 0 Å². The predicted octanol–water partition coefficient (Wildman–Crippen LogP) is -9.75. The van der Waals surface area contributed by atoms with Gasteiger partial charge in [-0.3, -0.25) is 0 Å². The molecule has 0 aliphatic rings. The van der Waals surface area contributed by atoms with Crippen molar-refractivity contribution in [3.63, 3.8) is 0 Å². The van der Waals surface area contributed by atoms with Gasteiger partial charge in [0.05, 0.1) is 6.61 Å². The number of halogens is 2. The first-order valence-corrected chi connectivity index (χ1v) is 3.33. The van der Waals surface area contributed by atoms with Gasteiger partial charge >= 0.3 is 37.7 Å². The van der Waals surface area contributed by atoms with Crippen LogP contribution in [0.2, 0.25) is 0 Å². The molecule has 0 aromatic carbocycles. The third-order valence-corrected chi connectivity index (χ3v) is 1.42. The van der Waals surface area contributed by atoms with Crippen LogP contribution in [0.1, 0.15) is 0 Å². The standard InChI is InChI=1S/C6H12O6.Ca.2ClH/c7-1-3(9)5(11)6(12)4(10)2-8;;;/h1,3-6,8-12H,2H2;;2*1H/q;+2;;/p-2. The molecule has 0 spiro atoms. The van der Waals surface area contributed by atoms with E-state index in [-0.39, 0.29) is 68.8 Å². The number of aldehydes is 1. The number of rotatable bonds is 5. The first-order chi connectivity index (χ1) is 5.54. The first kappa shape index (κ1) is 25.2. The molecule has 0 saturated carbocycles. The molecule has 4 unspecified atom stereocenters. The molecule has 88 valence electrons. The summed E-state index contributed by atoms with van der Waals surface area (Å²) >= 11 is 0. The van der Waals surface area contributed by atoms with Crippen molar-refractivity contribution in [3.05, 3.63) is 0 Å². The molecule has 5 N–H and O–H groups in total. The third kappa shape index (κ3) is 9.05.